The molecule has 9 nitrogen and oxygen atoms in total. The number of esters is 3. The van der Waals surface area contributed by atoms with Crippen LogP contribution in [0, 0.1) is 10.8 Å². The molecule has 9 heteroatoms. The van der Waals surface area contributed by atoms with Crippen molar-refractivity contribution in [1.29, 1.82) is 0 Å². The van der Waals surface area contributed by atoms with E-state index in [2.05, 4.69) is 5.32 Å². The number of unbranched alkanes of at least 4 members (excludes halogenated alkanes) is 2. The zero-order chi connectivity index (χ0) is 29.3. The summed E-state index contributed by atoms with van der Waals surface area (Å²) in [7, 11) is 0. The van der Waals surface area contributed by atoms with Gasteiger partial charge in [-0.3, -0.25) is 19.7 Å². The van der Waals surface area contributed by atoms with E-state index < -0.39 is 40.4 Å². The van der Waals surface area contributed by atoms with Gasteiger partial charge < -0.3 is 19.3 Å². The first-order valence-corrected chi connectivity index (χ1v) is 13.3. The minimum absolute atomic E-state index is 0.0265. The van der Waals surface area contributed by atoms with Crippen molar-refractivity contribution < 1.29 is 38.5 Å². The Bertz CT molecular complexity index is 989. The molecule has 0 fully saturated rings. The second-order valence-electron chi connectivity index (χ2n) is 11.8. The molecule has 0 bridgehead atoms. The fraction of sp³-hybridized carbons (Fsp3) is 0.655. The fourth-order valence-corrected chi connectivity index (χ4v) is 3.18. The molecule has 0 spiro atoms. The SMILES string of the molecule is CCCCCC(=O)O[C@](Cc1ccc(OC(=O)C(C)(C)C)c(OC(=O)C(C)(C)C)c1)(NC(C)CC)C(=O)O. The molecular formula is C29H45NO8. The largest absolute Gasteiger partial charge is 0.477 e. The van der Waals surface area contributed by atoms with Crippen LogP contribution in [0.3, 0.4) is 0 Å². The first-order valence-electron chi connectivity index (χ1n) is 13.3. The Morgan fingerprint density at radius 2 is 1.45 bits per heavy atom. The molecule has 0 aromatic heterocycles. The molecule has 0 aliphatic heterocycles. The topological polar surface area (TPSA) is 128 Å². The number of benzene rings is 1. The van der Waals surface area contributed by atoms with Crippen molar-refractivity contribution in [2.45, 2.75) is 113 Å². The number of hydrogen-bond acceptors (Lipinski definition) is 8. The molecule has 0 radical (unpaired) electrons. The first-order chi connectivity index (χ1) is 17.4. The standard InChI is InChI=1S/C29H45NO8/c1-10-12-13-14-23(31)38-29(24(32)33,30-19(3)11-2)18-20-15-16-21(36-25(34)27(4,5)6)22(17-20)37-26(35)28(7,8)9/h15-17,19,30H,10-14,18H2,1-9H3,(H,32,33)/t19?,29-/m0/s1. The van der Waals surface area contributed by atoms with Crippen LogP contribution in [0.4, 0.5) is 0 Å². The lowest BCUT2D eigenvalue weighted by molar-refractivity contribution is -0.184. The van der Waals surface area contributed by atoms with E-state index >= 15 is 0 Å². The minimum atomic E-state index is -2.05. The van der Waals surface area contributed by atoms with E-state index in [-0.39, 0.29) is 30.4 Å². The van der Waals surface area contributed by atoms with Crippen LogP contribution < -0.4 is 14.8 Å². The van der Waals surface area contributed by atoms with Gasteiger partial charge in [0, 0.05) is 18.9 Å². The summed E-state index contributed by atoms with van der Waals surface area (Å²) in [5, 5.41) is 13.2. The van der Waals surface area contributed by atoms with Gasteiger partial charge in [-0.1, -0.05) is 32.8 Å². The monoisotopic (exact) mass is 535 g/mol. The van der Waals surface area contributed by atoms with Gasteiger partial charge in [0.05, 0.1) is 10.8 Å². The summed E-state index contributed by atoms with van der Waals surface area (Å²) in [6, 6.07) is 4.17. The zero-order valence-corrected chi connectivity index (χ0v) is 24.4. The smallest absolute Gasteiger partial charge is 0.364 e. The third-order valence-corrected chi connectivity index (χ3v) is 5.80. The highest BCUT2D eigenvalue weighted by molar-refractivity contribution is 5.83. The second-order valence-corrected chi connectivity index (χ2v) is 11.8. The van der Waals surface area contributed by atoms with Crippen LogP contribution >= 0.6 is 0 Å². The van der Waals surface area contributed by atoms with Crippen LogP contribution in [0.2, 0.25) is 0 Å². The Balaban J connectivity index is 3.50. The average Bonchev–Trinajstić information content (AvgIpc) is 2.79. The Kier molecular flexibility index (Phi) is 12.0. The molecule has 0 heterocycles. The fourth-order valence-electron chi connectivity index (χ4n) is 3.18. The summed E-state index contributed by atoms with van der Waals surface area (Å²) in [6.07, 6.45) is 2.77. The number of rotatable bonds is 13. The lowest BCUT2D eigenvalue weighted by atomic mass is 9.97. The number of carboxylic acids is 1. The molecule has 0 saturated heterocycles. The van der Waals surface area contributed by atoms with Crippen molar-refractivity contribution in [2.75, 3.05) is 0 Å². The first kappa shape index (κ1) is 33.1. The summed E-state index contributed by atoms with van der Waals surface area (Å²) < 4.78 is 16.7. The third kappa shape index (κ3) is 10.1. The van der Waals surface area contributed by atoms with Gasteiger partial charge in [0.2, 0.25) is 0 Å². The van der Waals surface area contributed by atoms with Crippen LogP contribution in [-0.4, -0.2) is 40.8 Å². The Labute approximate surface area is 226 Å². The number of carboxylic acid groups (broad SMARTS) is 1. The molecule has 2 N–H and O–H groups in total. The molecule has 0 amide bonds. The van der Waals surface area contributed by atoms with Crippen molar-refractivity contribution in [3.8, 4) is 11.5 Å². The van der Waals surface area contributed by atoms with Gasteiger partial charge >= 0.3 is 23.9 Å². The number of carbonyl (C=O) groups is 4. The predicted octanol–water partition coefficient (Wildman–Crippen LogP) is 5.42. The number of nitrogens with one attached hydrogen (secondary N) is 1. The summed E-state index contributed by atoms with van der Waals surface area (Å²) in [5.74, 6) is -3.06. The van der Waals surface area contributed by atoms with Crippen molar-refractivity contribution in [3.05, 3.63) is 23.8 Å². The van der Waals surface area contributed by atoms with Gasteiger partial charge in [0.25, 0.3) is 5.72 Å². The molecule has 38 heavy (non-hydrogen) atoms. The predicted molar refractivity (Wildman–Crippen MR) is 144 cm³/mol. The normalized spacial score (nSPS) is 14.2. The van der Waals surface area contributed by atoms with E-state index in [1.807, 2.05) is 13.8 Å². The van der Waals surface area contributed by atoms with Crippen LogP contribution in [0.25, 0.3) is 0 Å². The quantitative estimate of drug-likeness (QED) is 0.147. The van der Waals surface area contributed by atoms with Crippen LogP contribution in [0.5, 0.6) is 11.5 Å². The Morgan fingerprint density at radius 3 is 1.92 bits per heavy atom. The number of aliphatic carboxylic acids is 1. The maximum atomic E-state index is 12.7. The maximum absolute atomic E-state index is 12.7. The van der Waals surface area contributed by atoms with Gasteiger partial charge in [0.1, 0.15) is 0 Å². The van der Waals surface area contributed by atoms with Crippen LogP contribution in [0.1, 0.15) is 100.0 Å². The van der Waals surface area contributed by atoms with Crippen LogP contribution in [-0.2, 0) is 30.3 Å². The summed E-state index contributed by atoms with van der Waals surface area (Å²) in [5.41, 5.74) is -3.31. The summed E-state index contributed by atoms with van der Waals surface area (Å²) >= 11 is 0. The van der Waals surface area contributed by atoms with E-state index in [1.165, 1.54) is 12.1 Å². The molecular weight excluding hydrogens is 490 g/mol. The summed E-state index contributed by atoms with van der Waals surface area (Å²) in [4.78, 5) is 50.4. The van der Waals surface area contributed by atoms with Crippen molar-refractivity contribution >= 4 is 23.9 Å². The van der Waals surface area contributed by atoms with E-state index in [1.54, 1.807) is 54.5 Å². The van der Waals surface area contributed by atoms with Crippen molar-refractivity contribution in [2.24, 2.45) is 10.8 Å². The lowest BCUT2D eigenvalue weighted by Gasteiger charge is -2.33. The van der Waals surface area contributed by atoms with Gasteiger partial charge in [-0.15, -0.1) is 0 Å². The number of carbonyl (C=O) groups excluding carboxylic acids is 3. The molecule has 1 aromatic carbocycles. The highest BCUT2D eigenvalue weighted by atomic mass is 16.6. The van der Waals surface area contributed by atoms with Crippen molar-refractivity contribution in [1.82, 2.24) is 5.32 Å². The highest BCUT2D eigenvalue weighted by Crippen LogP contribution is 2.34. The lowest BCUT2D eigenvalue weighted by Crippen LogP contribution is -2.59. The Hall–Kier alpha value is -2.94. The van der Waals surface area contributed by atoms with Gasteiger partial charge in [0.15, 0.2) is 11.5 Å². The van der Waals surface area contributed by atoms with E-state index in [0.717, 1.165) is 12.8 Å². The zero-order valence-electron chi connectivity index (χ0n) is 24.4. The molecule has 1 aromatic rings. The summed E-state index contributed by atoms with van der Waals surface area (Å²) in [6.45, 7) is 15.8. The molecule has 214 valence electrons. The van der Waals surface area contributed by atoms with Gasteiger partial charge in [-0.25, -0.2) is 4.79 Å². The van der Waals surface area contributed by atoms with Gasteiger partial charge in [-0.05, 0) is 79.0 Å². The number of hydrogen-bond donors (Lipinski definition) is 2. The van der Waals surface area contributed by atoms with E-state index in [4.69, 9.17) is 14.2 Å². The van der Waals surface area contributed by atoms with Crippen LogP contribution in [0.15, 0.2) is 18.2 Å². The van der Waals surface area contributed by atoms with Crippen molar-refractivity contribution in [3.63, 3.8) is 0 Å². The molecule has 0 aliphatic carbocycles. The molecule has 2 atom stereocenters. The maximum Gasteiger partial charge on any atom is 0.364 e. The molecule has 1 rings (SSSR count). The average molecular weight is 536 g/mol. The molecule has 0 saturated carbocycles. The number of ether oxygens (including phenoxy) is 3. The molecule has 0 aliphatic rings. The van der Waals surface area contributed by atoms with Gasteiger partial charge in [-0.2, -0.15) is 0 Å². The van der Waals surface area contributed by atoms with E-state index in [9.17, 15) is 24.3 Å². The van der Waals surface area contributed by atoms with E-state index in [0.29, 0.717) is 18.4 Å². The third-order valence-electron chi connectivity index (χ3n) is 5.80. The second kappa shape index (κ2) is 13.7. The molecule has 1 unspecified atom stereocenters. The highest BCUT2D eigenvalue weighted by Gasteiger charge is 2.44. The minimum Gasteiger partial charge on any atom is -0.477 e. The Morgan fingerprint density at radius 1 is 0.895 bits per heavy atom.